The Labute approximate surface area is 244 Å². The quantitative estimate of drug-likeness (QED) is 0.393. The number of fused-ring (bicyclic) bond motifs is 1. The van der Waals surface area contributed by atoms with Gasteiger partial charge in [0, 0.05) is 55.6 Å². The molecule has 2 amide bonds. The van der Waals surface area contributed by atoms with Gasteiger partial charge in [-0.25, -0.2) is 0 Å². The van der Waals surface area contributed by atoms with Crippen molar-refractivity contribution in [3.8, 4) is 0 Å². The minimum Gasteiger partial charge on any atom is -0.336 e. The van der Waals surface area contributed by atoms with Crippen molar-refractivity contribution in [3.05, 3.63) is 75.7 Å². The summed E-state index contributed by atoms with van der Waals surface area (Å²) in [5.41, 5.74) is 4.16. The normalized spacial score (nSPS) is 25.7. The molecule has 6 rings (SSSR count). The lowest BCUT2D eigenvalue weighted by Crippen LogP contribution is -2.52. The van der Waals surface area contributed by atoms with Crippen molar-refractivity contribution in [1.29, 1.82) is 0 Å². The second-order valence-electron chi connectivity index (χ2n) is 12.2. The average Bonchev–Trinajstić information content (AvgIpc) is 3.00. The van der Waals surface area contributed by atoms with Crippen molar-refractivity contribution in [3.63, 3.8) is 0 Å². The average molecular weight is 558 g/mol. The molecule has 0 bridgehead atoms. The maximum Gasteiger partial charge on any atom is 0.260 e. The Kier molecular flexibility index (Phi) is 8.64. The van der Waals surface area contributed by atoms with E-state index in [1.54, 1.807) is 11.8 Å². The van der Waals surface area contributed by atoms with E-state index in [0.29, 0.717) is 17.8 Å². The van der Waals surface area contributed by atoms with Gasteiger partial charge in [-0.2, -0.15) is 0 Å². The summed E-state index contributed by atoms with van der Waals surface area (Å²) in [6, 6.07) is 17.4. The van der Waals surface area contributed by atoms with Gasteiger partial charge in [0.1, 0.15) is 0 Å². The van der Waals surface area contributed by atoms with Crippen molar-refractivity contribution in [2.24, 2.45) is 0 Å². The van der Waals surface area contributed by atoms with E-state index in [1.165, 1.54) is 56.1 Å². The first-order valence-corrected chi connectivity index (χ1v) is 16.3. The molecule has 2 saturated heterocycles. The van der Waals surface area contributed by atoms with Crippen LogP contribution in [0.5, 0.6) is 0 Å². The summed E-state index contributed by atoms with van der Waals surface area (Å²) < 4.78 is 0. The maximum absolute atomic E-state index is 13.8. The lowest BCUT2D eigenvalue weighted by Gasteiger charge is -2.44. The Bertz CT molecular complexity index is 1230. The number of hydrogen-bond acceptors (Lipinski definition) is 4. The molecule has 2 aliphatic heterocycles. The van der Waals surface area contributed by atoms with Crippen LogP contribution in [0.25, 0.3) is 6.08 Å². The summed E-state index contributed by atoms with van der Waals surface area (Å²) in [5.74, 6) is 0.269. The molecule has 0 aromatic heterocycles. The SMILES string of the molecule is Cc1cccc(CN2C(=O)/C(=C\c3ccc(C(=O)N4CCN(C5CCCCC5)CC4)cc3)SC3CCCCC32)c1. The van der Waals surface area contributed by atoms with Gasteiger partial charge >= 0.3 is 0 Å². The number of aryl methyl sites for hydroxylation is 1. The summed E-state index contributed by atoms with van der Waals surface area (Å²) in [6.07, 6.45) is 13.4. The first-order chi connectivity index (χ1) is 19.5. The molecule has 6 heteroatoms. The minimum absolute atomic E-state index is 0.125. The second kappa shape index (κ2) is 12.5. The Hall–Kier alpha value is -2.57. The van der Waals surface area contributed by atoms with E-state index in [9.17, 15) is 9.59 Å². The van der Waals surface area contributed by atoms with Crippen LogP contribution in [0.2, 0.25) is 0 Å². The van der Waals surface area contributed by atoms with E-state index in [0.717, 1.165) is 61.1 Å². The molecule has 4 fully saturated rings. The fraction of sp³-hybridized carbons (Fsp3) is 0.529. The number of hydrogen-bond donors (Lipinski definition) is 0. The van der Waals surface area contributed by atoms with Crippen LogP contribution in [0.4, 0.5) is 0 Å². The van der Waals surface area contributed by atoms with E-state index < -0.39 is 0 Å². The van der Waals surface area contributed by atoms with Crippen molar-refractivity contribution in [1.82, 2.24) is 14.7 Å². The van der Waals surface area contributed by atoms with Gasteiger partial charge in [0.15, 0.2) is 0 Å². The first-order valence-electron chi connectivity index (χ1n) is 15.4. The summed E-state index contributed by atoms with van der Waals surface area (Å²) >= 11 is 1.77. The lowest BCUT2D eigenvalue weighted by molar-refractivity contribution is -0.130. The van der Waals surface area contributed by atoms with Crippen LogP contribution < -0.4 is 0 Å². The van der Waals surface area contributed by atoms with Gasteiger partial charge in [-0.3, -0.25) is 14.5 Å². The Morgan fingerprint density at radius 2 is 1.62 bits per heavy atom. The maximum atomic E-state index is 13.8. The Morgan fingerprint density at radius 3 is 2.38 bits per heavy atom. The smallest absolute Gasteiger partial charge is 0.260 e. The number of carbonyl (C=O) groups excluding carboxylic acids is 2. The molecule has 2 aromatic carbocycles. The molecular formula is C34H43N3O2S. The van der Waals surface area contributed by atoms with E-state index >= 15 is 0 Å². The lowest BCUT2D eigenvalue weighted by atomic mass is 9.92. The summed E-state index contributed by atoms with van der Waals surface area (Å²) in [7, 11) is 0. The highest BCUT2D eigenvalue weighted by atomic mass is 32.2. The van der Waals surface area contributed by atoms with Crippen molar-refractivity contribution < 1.29 is 9.59 Å². The summed E-state index contributed by atoms with van der Waals surface area (Å²) in [6.45, 7) is 6.37. The number of amides is 2. The van der Waals surface area contributed by atoms with Crippen LogP contribution >= 0.6 is 11.8 Å². The van der Waals surface area contributed by atoms with Crippen LogP contribution in [0.15, 0.2) is 53.4 Å². The number of piperazine rings is 1. The second-order valence-corrected chi connectivity index (χ2v) is 13.5. The number of rotatable bonds is 5. The molecule has 2 unspecified atom stereocenters. The highest BCUT2D eigenvalue weighted by Crippen LogP contribution is 2.42. The predicted octanol–water partition coefficient (Wildman–Crippen LogP) is 6.51. The van der Waals surface area contributed by atoms with Gasteiger partial charge in [-0.15, -0.1) is 11.8 Å². The number of carbonyl (C=O) groups is 2. The van der Waals surface area contributed by atoms with E-state index in [2.05, 4.69) is 41.0 Å². The van der Waals surface area contributed by atoms with Crippen molar-refractivity contribution in [2.75, 3.05) is 26.2 Å². The fourth-order valence-electron chi connectivity index (χ4n) is 7.16. The highest BCUT2D eigenvalue weighted by Gasteiger charge is 2.40. The number of benzene rings is 2. The van der Waals surface area contributed by atoms with Gasteiger partial charge in [-0.05, 0) is 61.9 Å². The molecular weight excluding hydrogens is 514 g/mol. The minimum atomic E-state index is 0.125. The summed E-state index contributed by atoms with van der Waals surface area (Å²) in [4.78, 5) is 34.6. The zero-order chi connectivity index (χ0) is 27.5. The standard InChI is InChI=1S/C34H43N3O2S/c1-25-8-7-9-27(22-25)24-37-30-12-5-6-13-31(30)40-32(34(37)39)23-26-14-16-28(17-15-26)33(38)36-20-18-35(19-21-36)29-10-3-2-4-11-29/h7-9,14-17,22-23,29-31H,2-6,10-13,18-21,24H2,1H3/b32-23+. The van der Waals surface area contributed by atoms with Gasteiger partial charge in [0.2, 0.25) is 0 Å². The molecule has 0 spiro atoms. The van der Waals surface area contributed by atoms with Gasteiger partial charge in [-0.1, -0.05) is 74.1 Å². The molecule has 0 N–H and O–H groups in total. The number of thioether (sulfide) groups is 1. The molecule has 4 aliphatic rings. The van der Waals surface area contributed by atoms with Crippen LogP contribution in [0.1, 0.15) is 84.8 Å². The van der Waals surface area contributed by atoms with Crippen molar-refractivity contribution >= 4 is 29.7 Å². The third kappa shape index (κ3) is 6.18. The zero-order valence-electron chi connectivity index (χ0n) is 23.9. The van der Waals surface area contributed by atoms with Gasteiger partial charge < -0.3 is 9.80 Å². The van der Waals surface area contributed by atoms with Crippen LogP contribution in [-0.4, -0.2) is 70.0 Å². The summed E-state index contributed by atoms with van der Waals surface area (Å²) in [5, 5.41) is 0.454. The third-order valence-corrected chi connectivity index (χ3v) is 10.8. The molecule has 40 heavy (non-hydrogen) atoms. The Balaban J connectivity index is 1.12. The monoisotopic (exact) mass is 557 g/mol. The van der Waals surface area contributed by atoms with Gasteiger partial charge in [0.25, 0.3) is 11.8 Å². The first kappa shape index (κ1) is 27.6. The van der Waals surface area contributed by atoms with Crippen LogP contribution in [0, 0.1) is 6.92 Å². The molecule has 2 aliphatic carbocycles. The van der Waals surface area contributed by atoms with E-state index in [1.807, 2.05) is 35.2 Å². The molecule has 0 radical (unpaired) electrons. The van der Waals surface area contributed by atoms with Crippen molar-refractivity contribution in [2.45, 2.75) is 88.6 Å². The van der Waals surface area contributed by atoms with Crippen LogP contribution in [-0.2, 0) is 11.3 Å². The highest BCUT2D eigenvalue weighted by molar-refractivity contribution is 8.04. The largest absolute Gasteiger partial charge is 0.336 e. The fourth-order valence-corrected chi connectivity index (χ4v) is 8.63. The molecule has 2 saturated carbocycles. The topological polar surface area (TPSA) is 43.9 Å². The Morgan fingerprint density at radius 1 is 0.900 bits per heavy atom. The number of nitrogens with zero attached hydrogens (tertiary/aromatic N) is 3. The van der Waals surface area contributed by atoms with E-state index in [-0.39, 0.29) is 11.8 Å². The van der Waals surface area contributed by atoms with Crippen LogP contribution in [0.3, 0.4) is 0 Å². The molecule has 2 heterocycles. The van der Waals surface area contributed by atoms with E-state index in [4.69, 9.17) is 0 Å². The molecule has 5 nitrogen and oxygen atoms in total. The third-order valence-electron chi connectivity index (χ3n) is 9.40. The molecule has 212 valence electrons. The predicted molar refractivity (Wildman–Crippen MR) is 164 cm³/mol. The zero-order valence-corrected chi connectivity index (χ0v) is 24.7. The molecule has 2 aromatic rings. The van der Waals surface area contributed by atoms with Gasteiger partial charge in [0.05, 0.1) is 4.91 Å². The molecule has 2 atom stereocenters.